The standard InChI is InChI=1S/C16H21BrN4O2/c1-2-5-19-15(22)11-20-6-8-21(9-7-20)16(23)13-4-3-12(17)10-14(13)18/h2-4,10H,1,5-9,11,18H2,(H,19,22). The maximum Gasteiger partial charge on any atom is 0.256 e. The summed E-state index contributed by atoms with van der Waals surface area (Å²) in [4.78, 5) is 28.0. The Bertz CT molecular complexity index is 598. The summed E-state index contributed by atoms with van der Waals surface area (Å²) in [5.41, 5.74) is 6.91. The van der Waals surface area contributed by atoms with Crippen molar-refractivity contribution in [3.63, 3.8) is 0 Å². The molecule has 7 heteroatoms. The highest BCUT2D eigenvalue weighted by molar-refractivity contribution is 9.10. The zero-order valence-corrected chi connectivity index (χ0v) is 14.5. The molecule has 124 valence electrons. The second kappa shape index (κ2) is 8.12. The molecule has 6 nitrogen and oxygen atoms in total. The summed E-state index contributed by atoms with van der Waals surface area (Å²) in [5, 5.41) is 2.75. The van der Waals surface area contributed by atoms with Gasteiger partial charge in [0.1, 0.15) is 0 Å². The van der Waals surface area contributed by atoms with Gasteiger partial charge in [-0.3, -0.25) is 14.5 Å². The lowest BCUT2D eigenvalue weighted by atomic mass is 10.1. The van der Waals surface area contributed by atoms with E-state index in [0.717, 1.165) is 4.47 Å². The molecular weight excluding hydrogens is 360 g/mol. The zero-order chi connectivity index (χ0) is 16.8. The summed E-state index contributed by atoms with van der Waals surface area (Å²) in [7, 11) is 0. The molecule has 1 aliphatic heterocycles. The lowest BCUT2D eigenvalue weighted by molar-refractivity contribution is -0.122. The number of nitrogens with zero attached hydrogens (tertiary/aromatic N) is 2. The van der Waals surface area contributed by atoms with Crippen LogP contribution in [0.4, 0.5) is 5.69 Å². The van der Waals surface area contributed by atoms with E-state index in [9.17, 15) is 9.59 Å². The van der Waals surface area contributed by atoms with Crippen LogP contribution in [0.3, 0.4) is 0 Å². The van der Waals surface area contributed by atoms with Crippen molar-refractivity contribution in [1.82, 2.24) is 15.1 Å². The first-order valence-electron chi connectivity index (χ1n) is 7.45. The Morgan fingerprint density at radius 3 is 2.61 bits per heavy atom. The predicted octanol–water partition coefficient (Wildman–Crippen LogP) is 1.09. The molecule has 0 aromatic heterocycles. The highest BCUT2D eigenvalue weighted by atomic mass is 79.9. The van der Waals surface area contributed by atoms with Crippen LogP contribution in [0.15, 0.2) is 35.3 Å². The molecule has 0 aliphatic carbocycles. The van der Waals surface area contributed by atoms with E-state index >= 15 is 0 Å². The van der Waals surface area contributed by atoms with Crippen molar-refractivity contribution in [1.29, 1.82) is 0 Å². The smallest absolute Gasteiger partial charge is 0.256 e. The second-order valence-corrected chi connectivity index (χ2v) is 6.31. The fourth-order valence-corrected chi connectivity index (χ4v) is 2.83. The Morgan fingerprint density at radius 2 is 2.00 bits per heavy atom. The molecule has 1 heterocycles. The third-order valence-electron chi connectivity index (χ3n) is 3.71. The molecule has 3 N–H and O–H groups in total. The molecule has 2 rings (SSSR count). The summed E-state index contributed by atoms with van der Waals surface area (Å²) in [6, 6.07) is 5.27. The van der Waals surface area contributed by atoms with Gasteiger partial charge in [-0.2, -0.15) is 0 Å². The monoisotopic (exact) mass is 380 g/mol. The number of nitrogens with one attached hydrogen (secondary N) is 1. The van der Waals surface area contributed by atoms with Crippen LogP contribution >= 0.6 is 15.9 Å². The number of nitrogen functional groups attached to an aromatic ring is 1. The first-order chi connectivity index (χ1) is 11.0. The molecule has 0 atom stereocenters. The van der Waals surface area contributed by atoms with E-state index < -0.39 is 0 Å². The summed E-state index contributed by atoms with van der Waals surface area (Å²) < 4.78 is 0.849. The molecule has 0 radical (unpaired) electrons. The van der Waals surface area contributed by atoms with Crippen molar-refractivity contribution in [2.75, 3.05) is 45.0 Å². The maximum atomic E-state index is 12.5. The van der Waals surface area contributed by atoms with Crippen molar-refractivity contribution < 1.29 is 9.59 Å². The molecule has 1 aliphatic rings. The third-order valence-corrected chi connectivity index (χ3v) is 4.21. The Hall–Kier alpha value is -1.86. The second-order valence-electron chi connectivity index (χ2n) is 5.39. The first kappa shape index (κ1) is 17.5. The highest BCUT2D eigenvalue weighted by Crippen LogP contribution is 2.20. The van der Waals surface area contributed by atoms with Crippen molar-refractivity contribution >= 4 is 33.4 Å². The van der Waals surface area contributed by atoms with Crippen LogP contribution in [0, 0.1) is 0 Å². The van der Waals surface area contributed by atoms with E-state index in [1.807, 2.05) is 11.0 Å². The van der Waals surface area contributed by atoms with Gasteiger partial charge >= 0.3 is 0 Å². The molecule has 0 spiro atoms. The number of nitrogens with two attached hydrogens (primary N) is 1. The lowest BCUT2D eigenvalue weighted by Crippen LogP contribution is -2.51. The van der Waals surface area contributed by atoms with Gasteiger partial charge in [-0.15, -0.1) is 6.58 Å². The summed E-state index contributed by atoms with van der Waals surface area (Å²) in [5.74, 6) is -0.0902. The van der Waals surface area contributed by atoms with Gasteiger partial charge in [0.15, 0.2) is 0 Å². The number of piperazine rings is 1. The van der Waals surface area contributed by atoms with Crippen LogP contribution in [-0.2, 0) is 4.79 Å². The van der Waals surface area contributed by atoms with Crippen LogP contribution in [0.1, 0.15) is 10.4 Å². The van der Waals surface area contributed by atoms with Gasteiger partial charge in [0.2, 0.25) is 5.91 Å². The number of rotatable bonds is 5. The fourth-order valence-electron chi connectivity index (χ4n) is 2.45. The van der Waals surface area contributed by atoms with Crippen LogP contribution in [0.25, 0.3) is 0 Å². The molecule has 1 aromatic carbocycles. The van der Waals surface area contributed by atoms with Crippen molar-refractivity contribution in [3.8, 4) is 0 Å². The number of amides is 2. The van der Waals surface area contributed by atoms with Crippen molar-refractivity contribution in [2.24, 2.45) is 0 Å². The van der Waals surface area contributed by atoms with E-state index in [2.05, 4.69) is 27.8 Å². The van der Waals surface area contributed by atoms with Crippen molar-refractivity contribution in [3.05, 3.63) is 40.9 Å². The number of carbonyl (C=O) groups is 2. The SMILES string of the molecule is C=CCNC(=O)CN1CCN(C(=O)c2ccc(Br)cc2N)CC1. The lowest BCUT2D eigenvalue weighted by Gasteiger charge is -2.34. The molecule has 1 fully saturated rings. The van der Waals surface area contributed by atoms with Crippen LogP contribution in [0.2, 0.25) is 0 Å². The predicted molar refractivity (Wildman–Crippen MR) is 94.1 cm³/mol. The minimum absolute atomic E-state index is 0.0261. The van der Waals surface area contributed by atoms with E-state index in [1.54, 1.807) is 23.1 Å². The average molecular weight is 381 g/mol. The molecule has 1 saturated heterocycles. The van der Waals surface area contributed by atoms with Crippen LogP contribution < -0.4 is 11.1 Å². The average Bonchev–Trinajstić information content (AvgIpc) is 2.53. The molecular formula is C16H21BrN4O2. The van der Waals surface area contributed by atoms with E-state index in [-0.39, 0.29) is 11.8 Å². The Labute approximate surface area is 144 Å². The molecule has 0 saturated carbocycles. The number of hydrogen-bond acceptors (Lipinski definition) is 4. The van der Waals surface area contributed by atoms with Gasteiger partial charge in [0.05, 0.1) is 12.1 Å². The highest BCUT2D eigenvalue weighted by Gasteiger charge is 2.24. The van der Waals surface area contributed by atoms with Gasteiger partial charge in [0.25, 0.3) is 5.91 Å². The van der Waals surface area contributed by atoms with E-state index in [4.69, 9.17) is 5.73 Å². The number of halogens is 1. The Balaban J connectivity index is 1.87. The number of benzene rings is 1. The van der Waals surface area contributed by atoms with E-state index in [1.165, 1.54) is 0 Å². The van der Waals surface area contributed by atoms with Gasteiger partial charge in [0, 0.05) is 42.9 Å². The quantitative estimate of drug-likeness (QED) is 0.591. The number of anilines is 1. The van der Waals surface area contributed by atoms with Crippen LogP contribution in [0.5, 0.6) is 0 Å². The van der Waals surface area contributed by atoms with Crippen LogP contribution in [-0.4, -0.2) is 60.9 Å². The number of hydrogen-bond donors (Lipinski definition) is 2. The topological polar surface area (TPSA) is 78.7 Å². The molecule has 1 aromatic rings. The fraction of sp³-hybridized carbons (Fsp3) is 0.375. The normalized spacial score (nSPS) is 15.3. The molecule has 23 heavy (non-hydrogen) atoms. The number of carbonyl (C=O) groups excluding carboxylic acids is 2. The Kier molecular flexibility index (Phi) is 6.18. The summed E-state index contributed by atoms with van der Waals surface area (Å²) >= 11 is 3.33. The Morgan fingerprint density at radius 1 is 1.30 bits per heavy atom. The maximum absolute atomic E-state index is 12.5. The minimum atomic E-state index is -0.0641. The third kappa shape index (κ3) is 4.80. The van der Waals surface area contributed by atoms with Gasteiger partial charge in [-0.25, -0.2) is 0 Å². The largest absolute Gasteiger partial charge is 0.398 e. The first-order valence-corrected chi connectivity index (χ1v) is 8.25. The summed E-state index contributed by atoms with van der Waals surface area (Å²) in [6.45, 7) is 6.89. The van der Waals surface area contributed by atoms with Gasteiger partial charge < -0.3 is 16.0 Å². The zero-order valence-electron chi connectivity index (χ0n) is 12.9. The van der Waals surface area contributed by atoms with Crippen molar-refractivity contribution in [2.45, 2.75) is 0 Å². The minimum Gasteiger partial charge on any atom is -0.398 e. The van der Waals surface area contributed by atoms with E-state index in [0.29, 0.717) is 50.5 Å². The molecule has 2 amide bonds. The van der Waals surface area contributed by atoms with Gasteiger partial charge in [-0.05, 0) is 18.2 Å². The molecule has 0 bridgehead atoms. The van der Waals surface area contributed by atoms with Gasteiger partial charge in [-0.1, -0.05) is 22.0 Å². The molecule has 0 unspecified atom stereocenters. The summed E-state index contributed by atoms with van der Waals surface area (Å²) in [6.07, 6.45) is 1.65.